The monoisotopic (exact) mass is 411 g/mol. The summed E-state index contributed by atoms with van der Waals surface area (Å²) in [6, 6.07) is 7.51. The van der Waals surface area contributed by atoms with Gasteiger partial charge >= 0.3 is 0 Å². The maximum Gasteiger partial charge on any atom is 0.224 e. The lowest BCUT2D eigenvalue weighted by molar-refractivity contribution is -0.120. The van der Waals surface area contributed by atoms with E-state index in [9.17, 15) is 13.2 Å². The number of hydrogen-bond acceptors (Lipinski definition) is 7. The summed E-state index contributed by atoms with van der Waals surface area (Å²) in [7, 11) is -2.93. The lowest BCUT2D eigenvalue weighted by Crippen LogP contribution is -2.26. The summed E-state index contributed by atoms with van der Waals surface area (Å²) in [4.78, 5) is 16.4. The molecule has 2 N–H and O–H groups in total. The van der Waals surface area contributed by atoms with E-state index < -0.39 is 9.84 Å². The topological polar surface area (TPSA) is 96.9 Å². The molecule has 0 spiro atoms. The number of ether oxygens (including phenoxy) is 1. The molecule has 2 atom stereocenters. The first-order valence-corrected chi connectivity index (χ1v) is 11.8. The van der Waals surface area contributed by atoms with Crippen LogP contribution in [0.2, 0.25) is 0 Å². The number of nitrogens with zero attached hydrogens (tertiary/aromatic N) is 1. The average Bonchev–Trinajstić information content (AvgIpc) is 3.09. The smallest absolute Gasteiger partial charge is 0.224 e. The predicted molar refractivity (Wildman–Crippen MR) is 109 cm³/mol. The number of aliphatic imine (C=N–C) groups is 1. The van der Waals surface area contributed by atoms with E-state index in [-0.39, 0.29) is 28.7 Å². The minimum Gasteiger partial charge on any atom is -0.382 e. The minimum absolute atomic E-state index is 0.00281. The molecule has 148 valence electrons. The minimum atomic E-state index is -2.93. The Morgan fingerprint density at radius 1 is 1.30 bits per heavy atom. The second-order valence-electron chi connectivity index (χ2n) is 6.63. The van der Waals surface area contributed by atoms with Crippen molar-refractivity contribution in [1.29, 1.82) is 0 Å². The van der Waals surface area contributed by atoms with Crippen molar-refractivity contribution >= 4 is 38.4 Å². The summed E-state index contributed by atoms with van der Waals surface area (Å²) in [5, 5.41) is 6.92. The molecule has 0 aromatic heterocycles. The molecule has 7 nitrogen and oxygen atoms in total. The van der Waals surface area contributed by atoms with Crippen LogP contribution in [0.4, 0.5) is 5.69 Å². The van der Waals surface area contributed by atoms with E-state index in [0.29, 0.717) is 26.2 Å². The maximum absolute atomic E-state index is 11.9. The number of hydrogen-bond donors (Lipinski definition) is 2. The number of fused-ring (bicyclic) bond motifs is 1. The number of anilines is 1. The Kier molecular flexibility index (Phi) is 6.78. The van der Waals surface area contributed by atoms with Gasteiger partial charge in [-0.3, -0.25) is 9.79 Å². The van der Waals surface area contributed by atoms with Gasteiger partial charge in [-0.15, -0.1) is 0 Å². The van der Waals surface area contributed by atoms with Crippen molar-refractivity contribution in [2.45, 2.75) is 31.1 Å². The van der Waals surface area contributed by atoms with Gasteiger partial charge in [-0.05, 0) is 31.0 Å². The number of sulfone groups is 1. The van der Waals surface area contributed by atoms with E-state index in [2.05, 4.69) is 15.6 Å². The lowest BCUT2D eigenvalue weighted by atomic mass is 10.1. The van der Waals surface area contributed by atoms with E-state index in [0.717, 1.165) is 22.8 Å². The van der Waals surface area contributed by atoms with Gasteiger partial charge in [0.15, 0.2) is 15.0 Å². The predicted octanol–water partition coefficient (Wildman–Crippen LogP) is 1.45. The molecule has 0 unspecified atom stereocenters. The molecule has 0 radical (unpaired) electrons. The Morgan fingerprint density at radius 2 is 2.07 bits per heavy atom. The van der Waals surface area contributed by atoms with Crippen LogP contribution in [0.15, 0.2) is 29.3 Å². The molecule has 0 saturated carbocycles. The summed E-state index contributed by atoms with van der Waals surface area (Å²) in [5.74, 6) is 0.348. The number of carbonyl (C=O) groups is 1. The number of rotatable bonds is 8. The largest absolute Gasteiger partial charge is 0.382 e. The van der Waals surface area contributed by atoms with Crippen molar-refractivity contribution in [1.82, 2.24) is 5.32 Å². The number of amides is 1. The molecular formula is C18H25N3O4S2. The Hall–Kier alpha value is -1.58. The van der Waals surface area contributed by atoms with Crippen molar-refractivity contribution in [3.63, 3.8) is 0 Å². The molecule has 0 aliphatic carbocycles. The second-order valence-corrected chi connectivity index (χ2v) is 10.0. The maximum atomic E-state index is 11.9. The highest BCUT2D eigenvalue weighted by molar-refractivity contribution is 8.15. The van der Waals surface area contributed by atoms with E-state index in [1.165, 1.54) is 11.8 Å². The Bertz CT molecular complexity index is 793. The zero-order valence-corrected chi connectivity index (χ0v) is 16.9. The second kappa shape index (κ2) is 9.07. The fourth-order valence-corrected chi connectivity index (χ4v) is 6.72. The molecule has 0 bridgehead atoms. The van der Waals surface area contributed by atoms with Crippen LogP contribution < -0.4 is 10.6 Å². The molecule has 27 heavy (non-hydrogen) atoms. The fraction of sp³-hybridized carbons (Fsp3) is 0.556. The van der Waals surface area contributed by atoms with Crippen molar-refractivity contribution in [3.05, 3.63) is 29.8 Å². The number of amidine groups is 1. The molecule has 2 aliphatic rings. The van der Waals surface area contributed by atoms with Gasteiger partial charge in [0.1, 0.15) is 0 Å². The van der Waals surface area contributed by atoms with Crippen LogP contribution in [0.3, 0.4) is 0 Å². The molecule has 3 rings (SSSR count). The van der Waals surface area contributed by atoms with Gasteiger partial charge in [-0.25, -0.2) is 8.42 Å². The van der Waals surface area contributed by atoms with Gasteiger partial charge in [-0.1, -0.05) is 23.9 Å². The first-order chi connectivity index (χ1) is 12.9. The number of benzene rings is 1. The summed E-state index contributed by atoms with van der Waals surface area (Å²) in [5.41, 5.74) is 1.82. The van der Waals surface area contributed by atoms with Gasteiger partial charge in [0.05, 0.1) is 24.0 Å². The highest BCUT2D eigenvalue weighted by Gasteiger charge is 2.42. The van der Waals surface area contributed by atoms with Gasteiger partial charge in [-0.2, -0.15) is 0 Å². The van der Waals surface area contributed by atoms with Gasteiger partial charge in [0, 0.05) is 30.7 Å². The molecule has 1 amide bonds. The highest BCUT2D eigenvalue weighted by atomic mass is 32.2. The standard InChI is InChI=1S/C18H25N3O4S2/c1-2-25-9-3-8-19-17(22)10-13-4-6-14(7-5-13)20-18-21-15-11-27(23,24)12-16(15)26-18/h4-7,15-16H,2-3,8-12H2,1H3,(H,19,22)(H,20,21)/t15-,16+/m0/s1. The van der Waals surface area contributed by atoms with Crippen LogP contribution >= 0.6 is 11.8 Å². The summed E-state index contributed by atoms with van der Waals surface area (Å²) < 4.78 is 28.4. The third kappa shape index (κ3) is 5.95. The van der Waals surface area contributed by atoms with Gasteiger partial charge in [0.25, 0.3) is 0 Å². The average molecular weight is 412 g/mol. The first-order valence-electron chi connectivity index (χ1n) is 9.10. The van der Waals surface area contributed by atoms with Gasteiger partial charge in [0.2, 0.25) is 5.91 Å². The molecule has 1 saturated heterocycles. The van der Waals surface area contributed by atoms with E-state index in [4.69, 9.17) is 4.74 Å². The molecule has 1 aromatic carbocycles. The number of thioether (sulfide) groups is 1. The van der Waals surface area contributed by atoms with Crippen LogP contribution in [0, 0.1) is 0 Å². The van der Waals surface area contributed by atoms with Crippen LogP contribution in [0.5, 0.6) is 0 Å². The summed E-state index contributed by atoms with van der Waals surface area (Å²) in [6.07, 6.45) is 1.15. The summed E-state index contributed by atoms with van der Waals surface area (Å²) >= 11 is 1.49. The van der Waals surface area contributed by atoms with Crippen LogP contribution in [0.25, 0.3) is 0 Å². The molecule has 9 heteroatoms. The Balaban J connectivity index is 1.43. The molecule has 2 heterocycles. The van der Waals surface area contributed by atoms with E-state index in [1.807, 2.05) is 31.2 Å². The lowest BCUT2D eigenvalue weighted by Gasteiger charge is -2.08. The molecular weight excluding hydrogens is 386 g/mol. The molecule has 1 fully saturated rings. The first kappa shape index (κ1) is 20.2. The zero-order chi connectivity index (χ0) is 19.3. The zero-order valence-electron chi connectivity index (χ0n) is 15.3. The van der Waals surface area contributed by atoms with Crippen molar-refractivity contribution in [2.75, 3.05) is 36.6 Å². The number of nitrogens with one attached hydrogen (secondary N) is 2. The van der Waals surface area contributed by atoms with Crippen molar-refractivity contribution in [3.8, 4) is 0 Å². The SMILES string of the molecule is CCOCCCNC(=O)Cc1ccc(NC2=N[C@H]3CS(=O)(=O)C[C@H]3S2)cc1. The quantitative estimate of drug-likeness (QED) is 0.629. The van der Waals surface area contributed by atoms with Crippen LogP contribution in [-0.4, -0.2) is 62.0 Å². The van der Waals surface area contributed by atoms with Crippen molar-refractivity contribution in [2.24, 2.45) is 4.99 Å². The molecule has 1 aromatic rings. The normalized spacial score (nSPS) is 22.9. The van der Waals surface area contributed by atoms with Crippen LogP contribution in [-0.2, 0) is 25.8 Å². The van der Waals surface area contributed by atoms with E-state index >= 15 is 0 Å². The Morgan fingerprint density at radius 3 is 2.78 bits per heavy atom. The van der Waals surface area contributed by atoms with Crippen LogP contribution in [0.1, 0.15) is 18.9 Å². The van der Waals surface area contributed by atoms with Crippen molar-refractivity contribution < 1.29 is 17.9 Å². The van der Waals surface area contributed by atoms with Gasteiger partial charge < -0.3 is 15.4 Å². The third-order valence-electron chi connectivity index (χ3n) is 4.38. The van der Waals surface area contributed by atoms with E-state index in [1.54, 1.807) is 0 Å². The third-order valence-corrected chi connectivity index (χ3v) is 7.52. The number of carbonyl (C=O) groups excluding carboxylic acids is 1. The highest BCUT2D eigenvalue weighted by Crippen LogP contribution is 2.34. The molecule has 2 aliphatic heterocycles. The summed E-state index contributed by atoms with van der Waals surface area (Å²) in [6.45, 7) is 3.92. The Labute approximate surface area is 164 Å². The fourth-order valence-electron chi connectivity index (χ4n) is 3.04.